The number of hydrogen-bond donors (Lipinski definition) is 4. The summed E-state index contributed by atoms with van der Waals surface area (Å²) in [6.07, 6.45) is -4.44. The standard InChI is InChI=1S/C24H26F3N5O5S2/c25-24(26,27)18-11-9-17(10-12-18)20-15-38-22(30-20)32-21(33)19(8-4-5-13-29-39(28,35)36)31-23(34)37-14-16-6-2-1-3-7-16/h1-3,6-7,9-12,15,19,29H,4-5,8,13-14H2,(H,31,34)(H2,28,35,36)(H,30,32,33)/t19-/m1/s1. The van der Waals surface area contributed by atoms with E-state index in [4.69, 9.17) is 9.88 Å². The third-order valence-electron chi connectivity index (χ3n) is 5.29. The van der Waals surface area contributed by atoms with Gasteiger partial charge in [-0.15, -0.1) is 11.3 Å². The number of aromatic nitrogens is 1. The number of alkyl halides is 3. The van der Waals surface area contributed by atoms with Crippen LogP contribution >= 0.6 is 11.3 Å². The first-order valence-electron chi connectivity index (χ1n) is 11.6. The van der Waals surface area contributed by atoms with Crippen LogP contribution in [0.5, 0.6) is 0 Å². The molecule has 2 amide bonds. The molecule has 0 aliphatic heterocycles. The van der Waals surface area contributed by atoms with Crippen LogP contribution in [0.15, 0.2) is 60.0 Å². The molecule has 0 saturated carbocycles. The van der Waals surface area contributed by atoms with E-state index in [1.807, 2.05) is 6.07 Å². The highest BCUT2D eigenvalue weighted by Crippen LogP contribution is 2.31. The van der Waals surface area contributed by atoms with E-state index in [0.29, 0.717) is 24.1 Å². The van der Waals surface area contributed by atoms with Crippen LogP contribution in [0.25, 0.3) is 11.3 Å². The topological polar surface area (TPSA) is 153 Å². The van der Waals surface area contributed by atoms with Gasteiger partial charge in [0.25, 0.3) is 10.2 Å². The maximum Gasteiger partial charge on any atom is 0.416 e. The van der Waals surface area contributed by atoms with Crippen molar-refractivity contribution < 1.29 is 35.9 Å². The number of nitrogens with one attached hydrogen (secondary N) is 3. The summed E-state index contributed by atoms with van der Waals surface area (Å²) in [4.78, 5) is 29.6. The van der Waals surface area contributed by atoms with Gasteiger partial charge in [-0.25, -0.2) is 19.6 Å². The largest absolute Gasteiger partial charge is 0.445 e. The number of nitrogens with two attached hydrogens (primary N) is 1. The molecule has 10 nitrogen and oxygen atoms in total. The van der Waals surface area contributed by atoms with Crippen molar-refractivity contribution in [3.8, 4) is 11.3 Å². The summed E-state index contributed by atoms with van der Waals surface area (Å²) >= 11 is 1.06. The predicted molar refractivity (Wildman–Crippen MR) is 140 cm³/mol. The van der Waals surface area contributed by atoms with Crippen LogP contribution in [0.3, 0.4) is 0 Å². The van der Waals surface area contributed by atoms with Gasteiger partial charge in [0.15, 0.2) is 5.13 Å². The fourth-order valence-corrected chi connectivity index (χ4v) is 4.50. The Morgan fingerprint density at radius 1 is 1.05 bits per heavy atom. The van der Waals surface area contributed by atoms with Crippen molar-refractivity contribution in [2.24, 2.45) is 5.14 Å². The van der Waals surface area contributed by atoms with Gasteiger partial charge in [-0.3, -0.25) is 4.79 Å². The molecule has 39 heavy (non-hydrogen) atoms. The molecule has 0 spiro atoms. The molecule has 0 aliphatic carbocycles. The van der Waals surface area contributed by atoms with E-state index >= 15 is 0 Å². The van der Waals surface area contributed by atoms with Crippen LogP contribution in [0, 0.1) is 0 Å². The van der Waals surface area contributed by atoms with Crippen molar-refractivity contribution in [2.75, 3.05) is 11.9 Å². The zero-order valence-electron chi connectivity index (χ0n) is 20.4. The van der Waals surface area contributed by atoms with Crippen molar-refractivity contribution in [3.05, 3.63) is 71.1 Å². The van der Waals surface area contributed by atoms with Crippen LogP contribution in [0.2, 0.25) is 0 Å². The summed E-state index contributed by atoms with van der Waals surface area (Å²) in [5, 5.41) is 11.8. The summed E-state index contributed by atoms with van der Waals surface area (Å²) in [6, 6.07) is 12.3. The highest BCUT2D eigenvalue weighted by atomic mass is 32.2. The molecule has 0 radical (unpaired) electrons. The van der Waals surface area contributed by atoms with E-state index in [0.717, 1.165) is 29.0 Å². The maximum atomic E-state index is 13.0. The summed E-state index contributed by atoms with van der Waals surface area (Å²) in [5.41, 5.74) is 0.759. The lowest BCUT2D eigenvalue weighted by atomic mass is 10.1. The van der Waals surface area contributed by atoms with Crippen molar-refractivity contribution in [2.45, 2.75) is 38.1 Å². The minimum absolute atomic E-state index is 0.0116. The number of nitrogens with zero attached hydrogens (tertiary/aromatic N) is 1. The summed E-state index contributed by atoms with van der Waals surface area (Å²) in [7, 11) is -3.85. The smallest absolute Gasteiger partial charge is 0.416 e. The van der Waals surface area contributed by atoms with Crippen molar-refractivity contribution in [1.82, 2.24) is 15.0 Å². The normalized spacial score (nSPS) is 12.5. The Balaban J connectivity index is 1.62. The average molecular weight is 586 g/mol. The Morgan fingerprint density at radius 3 is 2.38 bits per heavy atom. The number of rotatable bonds is 12. The third kappa shape index (κ3) is 10.3. The second kappa shape index (κ2) is 13.5. The third-order valence-corrected chi connectivity index (χ3v) is 6.65. The number of thiazole rings is 1. The molecule has 0 aliphatic rings. The highest BCUT2D eigenvalue weighted by Gasteiger charge is 2.30. The predicted octanol–water partition coefficient (Wildman–Crippen LogP) is 4.03. The molecule has 3 rings (SSSR count). The molecule has 0 bridgehead atoms. The van der Waals surface area contributed by atoms with Crippen LogP contribution in [0.1, 0.15) is 30.4 Å². The molecule has 210 valence electrons. The van der Waals surface area contributed by atoms with Gasteiger partial charge >= 0.3 is 12.3 Å². The summed E-state index contributed by atoms with van der Waals surface area (Å²) in [6.45, 7) is 0.0385. The number of carbonyl (C=O) groups is 2. The van der Waals surface area contributed by atoms with E-state index < -0.39 is 40.0 Å². The van der Waals surface area contributed by atoms with Crippen LogP contribution < -0.4 is 20.5 Å². The molecule has 3 aromatic rings. The van der Waals surface area contributed by atoms with Crippen molar-refractivity contribution in [1.29, 1.82) is 0 Å². The Labute approximate surface area is 227 Å². The zero-order valence-corrected chi connectivity index (χ0v) is 22.0. The number of anilines is 1. The summed E-state index contributed by atoms with van der Waals surface area (Å²) < 4.78 is 67.8. The first-order chi connectivity index (χ1) is 18.4. The lowest BCUT2D eigenvalue weighted by molar-refractivity contribution is -0.137. The molecular weight excluding hydrogens is 559 g/mol. The highest BCUT2D eigenvalue weighted by molar-refractivity contribution is 7.87. The first-order valence-corrected chi connectivity index (χ1v) is 14.0. The molecule has 5 N–H and O–H groups in total. The van der Waals surface area contributed by atoms with Gasteiger partial charge in [-0.1, -0.05) is 42.5 Å². The molecule has 1 aromatic heterocycles. The number of alkyl carbamates (subject to hydrolysis) is 1. The molecule has 1 atom stereocenters. The molecule has 15 heteroatoms. The van der Waals surface area contributed by atoms with Gasteiger partial charge in [-0.05, 0) is 37.0 Å². The fraction of sp³-hybridized carbons (Fsp3) is 0.292. The minimum Gasteiger partial charge on any atom is -0.445 e. The van der Waals surface area contributed by atoms with E-state index in [9.17, 15) is 31.2 Å². The van der Waals surface area contributed by atoms with Crippen LogP contribution in [-0.2, 0) is 32.5 Å². The number of carbonyl (C=O) groups excluding carboxylic acids is 2. The van der Waals surface area contributed by atoms with E-state index in [-0.39, 0.29) is 24.7 Å². The SMILES string of the molecule is NS(=O)(=O)NCCCC[C@@H](NC(=O)OCc1ccccc1)C(=O)Nc1nc(-c2ccc(C(F)(F)F)cc2)cs1. The van der Waals surface area contributed by atoms with Crippen molar-refractivity contribution in [3.63, 3.8) is 0 Å². The molecule has 0 saturated heterocycles. The monoisotopic (exact) mass is 585 g/mol. The summed E-state index contributed by atoms with van der Waals surface area (Å²) in [5.74, 6) is -0.598. The van der Waals surface area contributed by atoms with Gasteiger partial charge in [-0.2, -0.15) is 21.6 Å². The quantitative estimate of drug-likeness (QED) is 0.236. The van der Waals surface area contributed by atoms with Gasteiger partial charge in [0.2, 0.25) is 5.91 Å². The van der Waals surface area contributed by atoms with E-state index in [1.165, 1.54) is 12.1 Å². The molecule has 2 aromatic carbocycles. The van der Waals surface area contributed by atoms with Gasteiger partial charge < -0.3 is 15.4 Å². The van der Waals surface area contributed by atoms with Gasteiger partial charge in [0, 0.05) is 17.5 Å². The van der Waals surface area contributed by atoms with Crippen molar-refractivity contribution >= 4 is 38.7 Å². The number of benzene rings is 2. The fourth-order valence-electron chi connectivity index (χ4n) is 3.35. The van der Waals surface area contributed by atoms with Crippen LogP contribution in [0.4, 0.5) is 23.1 Å². The Morgan fingerprint density at radius 2 is 1.74 bits per heavy atom. The van der Waals surface area contributed by atoms with Crippen LogP contribution in [-0.4, -0.2) is 38.0 Å². The molecule has 1 heterocycles. The Hall–Kier alpha value is -3.53. The molecule has 0 fully saturated rings. The number of hydrogen-bond acceptors (Lipinski definition) is 7. The average Bonchev–Trinajstić information content (AvgIpc) is 3.34. The number of ether oxygens (including phenoxy) is 1. The van der Waals surface area contributed by atoms with E-state index in [2.05, 4.69) is 20.3 Å². The lowest BCUT2D eigenvalue weighted by Crippen LogP contribution is -2.44. The number of unbranched alkanes of at least 4 members (excludes halogenated alkanes) is 1. The zero-order chi connectivity index (χ0) is 28.5. The second-order valence-electron chi connectivity index (χ2n) is 8.30. The minimum atomic E-state index is -4.46. The Kier molecular flexibility index (Phi) is 10.4. The Bertz CT molecular complexity index is 1350. The van der Waals surface area contributed by atoms with Gasteiger partial charge in [0.1, 0.15) is 12.6 Å². The first kappa shape index (κ1) is 30.0. The second-order valence-corrected chi connectivity index (χ2v) is 10.5. The van der Waals surface area contributed by atoms with Gasteiger partial charge in [0.05, 0.1) is 11.3 Å². The maximum absolute atomic E-state index is 13.0. The molecular formula is C24H26F3N5O5S2. The van der Waals surface area contributed by atoms with E-state index in [1.54, 1.807) is 29.6 Å². The molecule has 0 unspecified atom stereocenters. The lowest BCUT2D eigenvalue weighted by Gasteiger charge is -2.17. The number of halogens is 3. The number of amides is 2.